The van der Waals surface area contributed by atoms with Gasteiger partial charge in [-0.25, -0.2) is 4.98 Å². The first-order valence-corrected chi connectivity index (χ1v) is 9.14. The lowest BCUT2D eigenvalue weighted by Crippen LogP contribution is -2.17. The second kappa shape index (κ2) is 6.45. The van der Waals surface area contributed by atoms with Gasteiger partial charge in [0.2, 0.25) is 0 Å². The van der Waals surface area contributed by atoms with E-state index in [4.69, 9.17) is 4.98 Å². The molecule has 0 spiro atoms. The molecule has 0 bridgehead atoms. The highest BCUT2D eigenvalue weighted by Crippen LogP contribution is 2.40. The fourth-order valence-corrected chi connectivity index (χ4v) is 6.08. The zero-order chi connectivity index (χ0) is 12.3. The fraction of sp³-hybridized carbons (Fsp3) is 0.750. The molecule has 2 rings (SSSR count). The number of thioether (sulfide) groups is 2. The van der Waals surface area contributed by atoms with Gasteiger partial charge < -0.3 is 5.32 Å². The van der Waals surface area contributed by atoms with Gasteiger partial charge in [0.05, 0.1) is 10.9 Å². The van der Waals surface area contributed by atoms with Crippen molar-refractivity contribution in [1.82, 2.24) is 10.3 Å². The third kappa shape index (κ3) is 3.40. The number of rotatable bonds is 4. The number of nitrogens with zero attached hydrogens (tertiary/aromatic N) is 1. The molecule has 1 aromatic rings. The molecule has 1 fully saturated rings. The third-order valence-corrected chi connectivity index (χ3v) is 7.21. The van der Waals surface area contributed by atoms with Crippen LogP contribution in [0, 0.1) is 6.92 Å². The van der Waals surface area contributed by atoms with E-state index in [-0.39, 0.29) is 0 Å². The molecule has 0 aliphatic carbocycles. The number of thiazole rings is 1. The smallest absolute Gasteiger partial charge is 0.107 e. The maximum absolute atomic E-state index is 4.78. The molecule has 2 atom stereocenters. The minimum Gasteiger partial charge on any atom is -0.310 e. The van der Waals surface area contributed by atoms with E-state index in [1.54, 1.807) is 0 Å². The Morgan fingerprint density at radius 1 is 1.47 bits per heavy atom. The summed E-state index contributed by atoms with van der Waals surface area (Å²) in [5.41, 5.74) is 1.22. The summed E-state index contributed by atoms with van der Waals surface area (Å²) in [6.45, 7) is 7.55. The van der Waals surface area contributed by atoms with E-state index in [9.17, 15) is 0 Å². The van der Waals surface area contributed by atoms with E-state index in [1.165, 1.54) is 32.8 Å². The molecule has 1 aliphatic heterocycles. The van der Waals surface area contributed by atoms with Crippen LogP contribution in [0.3, 0.4) is 0 Å². The molecule has 2 heterocycles. The predicted molar refractivity (Wildman–Crippen MR) is 81.5 cm³/mol. The van der Waals surface area contributed by atoms with Crippen LogP contribution in [0.5, 0.6) is 0 Å². The van der Waals surface area contributed by atoms with Crippen molar-refractivity contribution in [2.75, 3.05) is 23.8 Å². The average Bonchev–Trinajstić information content (AvgIpc) is 2.73. The summed E-state index contributed by atoms with van der Waals surface area (Å²) in [7, 11) is 0. The number of hydrogen-bond donors (Lipinski definition) is 1. The zero-order valence-corrected chi connectivity index (χ0v) is 13.1. The Morgan fingerprint density at radius 3 is 2.94 bits per heavy atom. The van der Waals surface area contributed by atoms with Crippen LogP contribution in [-0.4, -0.2) is 28.8 Å². The quantitative estimate of drug-likeness (QED) is 0.914. The summed E-state index contributed by atoms with van der Waals surface area (Å²) in [6.07, 6.45) is 0. The Morgan fingerprint density at radius 2 is 2.29 bits per heavy atom. The molecule has 2 unspecified atom stereocenters. The highest BCUT2D eigenvalue weighted by Gasteiger charge is 2.22. The average molecular weight is 289 g/mol. The molecule has 0 aromatic carbocycles. The lowest BCUT2D eigenvalue weighted by atomic mass is 10.2. The molecule has 1 saturated heterocycles. The minimum absolute atomic E-state index is 0.437. The van der Waals surface area contributed by atoms with Gasteiger partial charge in [-0.3, -0.25) is 0 Å². The van der Waals surface area contributed by atoms with Gasteiger partial charge in [0, 0.05) is 28.2 Å². The Hall–Kier alpha value is 0.290. The van der Waals surface area contributed by atoms with E-state index in [0.717, 1.165) is 6.54 Å². The predicted octanol–water partition coefficient (Wildman–Crippen LogP) is 3.64. The molecule has 0 radical (unpaired) electrons. The van der Waals surface area contributed by atoms with Gasteiger partial charge in [-0.2, -0.15) is 11.8 Å². The number of aryl methyl sites for hydroxylation is 1. The van der Waals surface area contributed by atoms with Crippen LogP contribution in [0.4, 0.5) is 0 Å². The summed E-state index contributed by atoms with van der Waals surface area (Å²) in [5.74, 6) is 3.80. The normalized spacial score (nSPS) is 22.6. The van der Waals surface area contributed by atoms with Crippen molar-refractivity contribution in [3.63, 3.8) is 0 Å². The van der Waals surface area contributed by atoms with Gasteiger partial charge in [-0.15, -0.1) is 23.1 Å². The van der Waals surface area contributed by atoms with Gasteiger partial charge >= 0.3 is 0 Å². The van der Waals surface area contributed by atoms with Gasteiger partial charge in [-0.05, 0) is 20.4 Å². The standard InChI is InChI=1S/C12H20N2S3/c1-4-13-8(2)11-9(3)14-12(17-11)10-7-15-5-6-16-10/h8,10,13H,4-7H2,1-3H3. The zero-order valence-electron chi connectivity index (χ0n) is 10.7. The molecular formula is C12H20N2S3. The lowest BCUT2D eigenvalue weighted by Gasteiger charge is -2.18. The van der Waals surface area contributed by atoms with Crippen molar-refractivity contribution in [2.24, 2.45) is 0 Å². The van der Waals surface area contributed by atoms with Crippen LogP contribution in [0.15, 0.2) is 0 Å². The highest BCUT2D eigenvalue weighted by atomic mass is 32.2. The SMILES string of the molecule is CCNC(C)c1sc(C2CSCCS2)nc1C. The molecule has 0 amide bonds. The summed E-state index contributed by atoms with van der Waals surface area (Å²) < 4.78 is 0. The van der Waals surface area contributed by atoms with Crippen LogP contribution >= 0.6 is 34.9 Å². The molecule has 1 N–H and O–H groups in total. The van der Waals surface area contributed by atoms with E-state index >= 15 is 0 Å². The molecular weight excluding hydrogens is 268 g/mol. The van der Waals surface area contributed by atoms with Crippen LogP contribution in [0.1, 0.15) is 40.7 Å². The first kappa shape index (κ1) is 13.7. The molecule has 5 heteroatoms. The monoisotopic (exact) mass is 288 g/mol. The molecule has 17 heavy (non-hydrogen) atoms. The molecule has 1 aliphatic rings. The Bertz CT molecular complexity index is 359. The number of aromatic nitrogens is 1. The Labute approximate surface area is 116 Å². The summed E-state index contributed by atoms with van der Waals surface area (Å²) in [5, 5.41) is 5.44. The van der Waals surface area contributed by atoms with E-state index in [1.807, 2.05) is 11.3 Å². The number of hydrogen-bond acceptors (Lipinski definition) is 5. The summed E-state index contributed by atoms with van der Waals surface area (Å²) in [6, 6.07) is 0.437. The summed E-state index contributed by atoms with van der Waals surface area (Å²) >= 11 is 6.04. The van der Waals surface area contributed by atoms with Crippen LogP contribution < -0.4 is 5.32 Å². The first-order valence-electron chi connectivity index (χ1n) is 6.12. The van der Waals surface area contributed by atoms with Gasteiger partial charge in [0.15, 0.2) is 0 Å². The second-order valence-electron chi connectivity index (χ2n) is 4.22. The van der Waals surface area contributed by atoms with Crippen LogP contribution in [0.2, 0.25) is 0 Å². The Kier molecular flexibility index (Phi) is 5.21. The van der Waals surface area contributed by atoms with Crippen LogP contribution in [0.25, 0.3) is 0 Å². The van der Waals surface area contributed by atoms with Gasteiger partial charge in [-0.1, -0.05) is 6.92 Å². The molecule has 0 saturated carbocycles. The molecule has 96 valence electrons. The van der Waals surface area contributed by atoms with E-state index in [2.05, 4.69) is 49.6 Å². The van der Waals surface area contributed by atoms with Gasteiger partial charge in [0.25, 0.3) is 0 Å². The van der Waals surface area contributed by atoms with Gasteiger partial charge in [0.1, 0.15) is 5.01 Å². The highest BCUT2D eigenvalue weighted by molar-refractivity contribution is 8.06. The Balaban J connectivity index is 2.11. The largest absolute Gasteiger partial charge is 0.310 e. The van der Waals surface area contributed by atoms with E-state index in [0.29, 0.717) is 11.3 Å². The van der Waals surface area contributed by atoms with Crippen molar-refractivity contribution in [3.05, 3.63) is 15.6 Å². The number of nitrogens with one attached hydrogen (secondary N) is 1. The fourth-order valence-electron chi connectivity index (χ4n) is 2.00. The van der Waals surface area contributed by atoms with Crippen molar-refractivity contribution in [2.45, 2.75) is 32.1 Å². The second-order valence-corrected chi connectivity index (χ2v) is 7.74. The van der Waals surface area contributed by atoms with Crippen molar-refractivity contribution < 1.29 is 0 Å². The first-order chi connectivity index (χ1) is 8.22. The maximum atomic E-state index is 4.78. The summed E-state index contributed by atoms with van der Waals surface area (Å²) in [4.78, 5) is 6.20. The lowest BCUT2D eigenvalue weighted by molar-refractivity contribution is 0.603. The third-order valence-electron chi connectivity index (χ3n) is 2.84. The molecule has 1 aromatic heterocycles. The van der Waals surface area contributed by atoms with Crippen LogP contribution in [-0.2, 0) is 0 Å². The maximum Gasteiger partial charge on any atom is 0.107 e. The van der Waals surface area contributed by atoms with Crippen molar-refractivity contribution in [1.29, 1.82) is 0 Å². The van der Waals surface area contributed by atoms with E-state index < -0.39 is 0 Å². The van der Waals surface area contributed by atoms with Crippen molar-refractivity contribution >= 4 is 34.9 Å². The topological polar surface area (TPSA) is 24.9 Å². The molecule has 2 nitrogen and oxygen atoms in total. The van der Waals surface area contributed by atoms with Crippen molar-refractivity contribution in [3.8, 4) is 0 Å². The minimum atomic E-state index is 0.437.